The second kappa shape index (κ2) is 10.0. The zero-order valence-corrected chi connectivity index (χ0v) is 13.8. The molecule has 0 saturated carbocycles. The van der Waals surface area contributed by atoms with Crippen LogP contribution in [0, 0.1) is 0 Å². The van der Waals surface area contributed by atoms with Crippen molar-refractivity contribution in [3.05, 3.63) is 66.2 Å². The first-order chi connectivity index (χ1) is 9.88. The molecule has 3 rings (SSSR count). The van der Waals surface area contributed by atoms with Gasteiger partial charge in [-0.2, -0.15) is 0 Å². The molecule has 0 fully saturated rings. The van der Waals surface area contributed by atoms with E-state index in [1.807, 2.05) is 41.5 Å². The van der Waals surface area contributed by atoms with Gasteiger partial charge in [-0.3, -0.25) is 0 Å². The molecule has 2 aromatic rings. The minimum atomic E-state index is 1.15. The first-order valence-corrected chi connectivity index (χ1v) is 7.76. The Hall–Kier alpha value is -1.82. The van der Waals surface area contributed by atoms with Crippen molar-refractivity contribution in [3.8, 4) is 11.1 Å². The lowest BCUT2D eigenvalue weighted by molar-refractivity contribution is 1.50. The molecule has 0 N–H and O–H groups in total. The van der Waals surface area contributed by atoms with Gasteiger partial charge in [-0.05, 0) is 27.8 Å². The van der Waals surface area contributed by atoms with Crippen molar-refractivity contribution >= 4 is 5.57 Å². The largest absolute Gasteiger partial charge is 0.0905 e. The molecular formula is C20H28. The summed E-state index contributed by atoms with van der Waals surface area (Å²) in [5, 5.41) is 0. The summed E-state index contributed by atoms with van der Waals surface area (Å²) < 4.78 is 0. The molecule has 0 spiro atoms. The van der Waals surface area contributed by atoms with Crippen molar-refractivity contribution in [2.45, 2.75) is 41.5 Å². The third-order valence-electron chi connectivity index (χ3n) is 2.79. The predicted octanol–water partition coefficient (Wildman–Crippen LogP) is 6.81. The van der Waals surface area contributed by atoms with Crippen LogP contribution in [0.1, 0.15) is 52.7 Å². The molecule has 0 bridgehead atoms. The highest BCUT2D eigenvalue weighted by atomic mass is 14.2. The van der Waals surface area contributed by atoms with Crippen molar-refractivity contribution in [1.82, 2.24) is 0 Å². The Labute approximate surface area is 125 Å². The van der Waals surface area contributed by atoms with Crippen molar-refractivity contribution in [2.24, 2.45) is 0 Å². The maximum Gasteiger partial charge on any atom is -0.00992 e. The summed E-state index contributed by atoms with van der Waals surface area (Å²) in [7, 11) is 0. The highest BCUT2D eigenvalue weighted by molar-refractivity contribution is 6.00. The number of fused-ring (bicyclic) bond motifs is 3. The zero-order valence-electron chi connectivity index (χ0n) is 13.8. The van der Waals surface area contributed by atoms with Crippen molar-refractivity contribution < 1.29 is 0 Å². The third kappa shape index (κ3) is 3.60. The minimum absolute atomic E-state index is 1.15. The molecule has 2 aromatic carbocycles. The summed E-state index contributed by atoms with van der Waals surface area (Å²) in [5.74, 6) is 0. The standard InChI is InChI=1S/C14H10.3C2H6/c1-10-11-6-2-4-8-13(11)14-9-5-3-7-12(10)14;3*1-2/h2-9H,1H2;3*1-2H3. The molecule has 0 unspecified atom stereocenters. The van der Waals surface area contributed by atoms with Crippen LogP contribution >= 0.6 is 0 Å². The van der Waals surface area contributed by atoms with E-state index in [0.29, 0.717) is 0 Å². The quantitative estimate of drug-likeness (QED) is 0.420. The van der Waals surface area contributed by atoms with Gasteiger partial charge in [0.1, 0.15) is 0 Å². The van der Waals surface area contributed by atoms with Gasteiger partial charge in [0, 0.05) is 0 Å². The molecule has 0 nitrogen and oxygen atoms in total. The van der Waals surface area contributed by atoms with Crippen LogP contribution < -0.4 is 0 Å². The number of benzene rings is 2. The van der Waals surface area contributed by atoms with Gasteiger partial charge >= 0.3 is 0 Å². The molecule has 0 radical (unpaired) electrons. The molecule has 0 amide bonds. The van der Waals surface area contributed by atoms with Crippen LogP contribution in [-0.2, 0) is 0 Å². The zero-order chi connectivity index (χ0) is 15.5. The van der Waals surface area contributed by atoms with Crippen LogP contribution in [0.15, 0.2) is 55.1 Å². The monoisotopic (exact) mass is 268 g/mol. The summed E-state index contributed by atoms with van der Waals surface area (Å²) in [4.78, 5) is 0. The number of hydrogen-bond donors (Lipinski definition) is 0. The van der Waals surface area contributed by atoms with Crippen LogP contribution in [0.25, 0.3) is 16.7 Å². The summed E-state index contributed by atoms with van der Waals surface area (Å²) in [6.07, 6.45) is 0. The lowest BCUT2D eigenvalue weighted by Crippen LogP contribution is -1.75. The molecule has 0 heteroatoms. The maximum absolute atomic E-state index is 4.14. The lowest BCUT2D eigenvalue weighted by Gasteiger charge is -1.97. The van der Waals surface area contributed by atoms with Crippen LogP contribution in [0.3, 0.4) is 0 Å². The second-order valence-electron chi connectivity index (χ2n) is 3.57. The summed E-state index contributed by atoms with van der Waals surface area (Å²) in [6.45, 7) is 16.1. The van der Waals surface area contributed by atoms with E-state index in [-0.39, 0.29) is 0 Å². The van der Waals surface area contributed by atoms with E-state index in [2.05, 4.69) is 55.1 Å². The van der Waals surface area contributed by atoms with Crippen LogP contribution in [0.4, 0.5) is 0 Å². The van der Waals surface area contributed by atoms with E-state index in [4.69, 9.17) is 0 Å². The summed E-state index contributed by atoms with van der Waals surface area (Å²) in [5.41, 5.74) is 6.32. The molecule has 0 saturated heterocycles. The van der Waals surface area contributed by atoms with Crippen molar-refractivity contribution in [1.29, 1.82) is 0 Å². The highest BCUT2D eigenvalue weighted by Crippen LogP contribution is 2.42. The molecule has 0 atom stereocenters. The van der Waals surface area contributed by atoms with Gasteiger partial charge in [0.05, 0.1) is 0 Å². The van der Waals surface area contributed by atoms with E-state index in [9.17, 15) is 0 Å². The van der Waals surface area contributed by atoms with Gasteiger partial charge < -0.3 is 0 Å². The average molecular weight is 268 g/mol. The fourth-order valence-corrected chi connectivity index (χ4v) is 2.11. The minimum Gasteiger partial charge on any atom is -0.0905 e. The highest BCUT2D eigenvalue weighted by Gasteiger charge is 2.19. The molecule has 0 aliphatic heterocycles. The average Bonchev–Trinajstić information content (AvgIpc) is 2.87. The smallest absolute Gasteiger partial charge is 0.00992 e. The summed E-state index contributed by atoms with van der Waals surface area (Å²) >= 11 is 0. The van der Waals surface area contributed by atoms with Gasteiger partial charge in [-0.1, -0.05) is 96.7 Å². The molecular weight excluding hydrogens is 240 g/mol. The molecule has 1 aliphatic carbocycles. The normalized spacial score (nSPS) is 9.60. The Morgan fingerprint density at radius 2 is 0.750 bits per heavy atom. The fourth-order valence-electron chi connectivity index (χ4n) is 2.11. The van der Waals surface area contributed by atoms with E-state index in [0.717, 1.165) is 5.57 Å². The number of hydrogen-bond acceptors (Lipinski definition) is 0. The first-order valence-electron chi connectivity index (χ1n) is 7.76. The van der Waals surface area contributed by atoms with Crippen molar-refractivity contribution in [2.75, 3.05) is 0 Å². The van der Waals surface area contributed by atoms with Crippen LogP contribution in [0.5, 0.6) is 0 Å². The molecule has 20 heavy (non-hydrogen) atoms. The van der Waals surface area contributed by atoms with Gasteiger partial charge in [0.2, 0.25) is 0 Å². The molecule has 108 valence electrons. The predicted molar refractivity (Wildman–Crippen MR) is 94.1 cm³/mol. The molecule has 0 heterocycles. The van der Waals surface area contributed by atoms with Gasteiger partial charge in [0.25, 0.3) is 0 Å². The van der Waals surface area contributed by atoms with Gasteiger partial charge in [0.15, 0.2) is 0 Å². The Kier molecular flexibility index (Phi) is 9.11. The topological polar surface area (TPSA) is 0 Å². The first kappa shape index (κ1) is 18.2. The molecule has 0 aromatic heterocycles. The SMILES string of the molecule is C=C1c2ccccc2-c2ccccc21.CC.CC.CC. The lowest BCUT2D eigenvalue weighted by atomic mass is 10.1. The fraction of sp³-hybridized carbons (Fsp3) is 0.300. The van der Waals surface area contributed by atoms with E-state index < -0.39 is 0 Å². The Morgan fingerprint density at radius 1 is 0.500 bits per heavy atom. The van der Waals surface area contributed by atoms with Crippen LogP contribution in [-0.4, -0.2) is 0 Å². The van der Waals surface area contributed by atoms with Gasteiger partial charge in [-0.25, -0.2) is 0 Å². The van der Waals surface area contributed by atoms with E-state index in [1.54, 1.807) is 0 Å². The Morgan fingerprint density at radius 3 is 1.05 bits per heavy atom. The van der Waals surface area contributed by atoms with E-state index >= 15 is 0 Å². The third-order valence-corrected chi connectivity index (χ3v) is 2.79. The number of rotatable bonds is 0. The van der Waals surface area contributed by atoms with Gasteiger partial charge in [-0.15, -0.1) is 0 Å². The van der Waals surface area contributed by atoms with Crippen molar-refractivity contribution in [3.63, 3.8) is 0 Å². The Bertz CT molecular complexity index is 474. The second-order valence-corrected chi connectivity index (χ2v) is 3.57. The van der Waals surface area contributed by atoms with Crippen LogP contribution in [0.2, 0.25) is 0 Å². The molecule has 1 aliphatic rings. The van der Waals surface area contributed by atoms with E-state index in [1.165, 1.54) is 22.3 Å². The summed E-state index contributed by atoms with van der Waals surface area (Å²) in [6, 6.07) is 16.9. The maximum atomic E-state index is 4.14. The Balaban J connectivity index is 0.000000538.